The Hall–Kier alpha value is -0.700. The van der Waals surface area contributed by atoms with E-state index in [1.807, 2.05) is 0 Å². The molecule has 0 aromatic rings. The minimum absolute atomic E-state index is 0.0875. The van der Waals surface area contributed by atoms with Crippen LogP contribution in [-0.2, 0) is 9.59 Å². The average Bonchev–Trinajstić information content (AvgIpc) is 3.12. The molecule has 1 rings (SSSR count). The fraction of sp³-hybridized carbons (Fsp3) is 0.867. The van der Waals surface area contributed by atoms with Gasteiger partial charge in [-0.3, -0.25) is 4.79 Å². The maximum Gasteiger partial charge on any atom is 0.136 e. The van der Waals surface area contributed by atoms with Crippen molar-refractivity contribution in [2.24, 2.45) is 29.4 Å². The van der Waals surface area contributed by atoms with Crippen molar-refractivity contribution in [1.29, 1.82) is 0 Å². The molecule has 0 heterocycles. The number of carbonyl (C=O) groups is 2. The van der Waals surface area contributed by atoms with Gasteiger partial charge >= 0.3 is 0 Å². The monoisotopic (exact) mass is 253 g/mol. The summed E-state index contributed by atoms with van der Waals surface area (Å²) in [4.78, 5) is 23.0. The summed E-state index contributed by atoms with van der Waals surface area (Å²) in [7, 11) is 0. The smallest absolute Gasteiger partial charge is 0.136 e. The van der Waals surface area contributed by atoms with E-state index in [9.17, 15) is 9.59 Å². The first kappa shape index (κ1) is 15.4. The van der Waals surface area contributed by atoms with E-state index in [0.717, 1.165) is 38.4 Å². The molecule has 3 heteroatoms. The predicted octanol–water partition coefficient (Wildman–Crippen LogP) is 2.57. The fourth-order valence-corrected chi connectivity index (χ4v) is 2.58. The van der Waals surface area contributed by atoms with Gasteiger partial charge in [0.05, 0.1) is 0 Å². The van der Waals surface area contributed by atoms with Crippen molar-refractivity contribution in [2.75, 3.05) is 6.54 Å². The van der Waals surface area contributed by atoms with Crippen molar-refractivity contribution in [1.82, 2.24) is 0 Å². The van der Waals surface area contributed by atoms with Crippen LogP contribution in [0.4, 0.5) is 0 Å². The predicted molar refractivity (Wildman–Crippen MR) is 73.1 cm³/mol. The number of carbonyl (C=O) groups excluding carboxylic acids is 2. The van der Waals surface area contributed by atoms with E-state index in [4.69, 9.17) is 5.73 Å². The standard InChI is InChI=1S/C15H27NO2/c1-11(2)6-7-15(18)14-9-13(14)12(10-17)5-3-4-8-16/h10-14H,3-9,16H2,1-2H3/t12-,13?,14?/m0/s1. The summed E-state index contributed by atoms with van der Waals surface area (Å²) in [6.07, 6.45) is 6.53. The van der Waals surface area contributed by atoms with Crippen molar-refractivity contribution in [3.8, 4) is 0 Å². The number of nitrogens with two attached hydrogens (primary N) is 1. The molecule has 2 N–H and O–H groups in total. The average molecular weight is 253 g/mol. The van der Waals surface area contributed by atoms with E-state index in [2.05, 4.69) is 13.8 Å². The Balaban J connectivity index is 2.27. The molecular weight excluding hydrogens is 226 g/mol. The van der Waals surface area contributed by atoms with E-state index >= 15 is 0 Å². The van der Waals surface area contributed by atoms with Crippen LogP contribution in [0.1, 0.15) is 52.4 Å². The highest BCUT2D eigenvalue weighted by Crippen LogP contribution is 2.46. The van der Waals surface area contributed by atoms with Crippen molar-refractivity contribution in [2.45, 2.75) is 52.4 Å². The van der Waals surface area contributed by atoms with E-state index in [1.165, 1.54) is 0 Å². The highest BCUT2D eigenvalue weighted by molar-refractivity contribution is 5.84. The Morgan fingerprint density at radius 1 is 1.33 bits per heavy atom. The summed E-state index contributed by atoms with van der Waals surface area (Å²) in [6, 6.07) is 0. The van der Waals surface area contributed by atoms with Gasteiger partial charge in [0.15, 0.2) is 0 Å². The van der Waals surface area contributed by atoms with Crippen LogP contribution < -0.4 is 5.73 Å². The lowest BCUT2D eigenvalue weighted by atomic mass is 9.95. The summed E-state index contributed by atoms with van der Waals surface area (Å²) >= 11 is 0. The van der Waals surface area contributed by atoms with E-state index in [1.54, 1.807) is 0 Å². The zero-order valence-corrected chi connectivity index (χ0v) is 11.7. The summed E-state index contributed by atoms with van der Waals surface area (Å²) < 4.78 is 0. The van der Waals surface area contributed by atoms with Crippen LogP contribution in [0.5, 0.6) is 0 Å². The Kier molecular flexibility index (Phi) is 6.55. The molecule has 2 unspecified atom stereocenters. The molecule has 0 spiro atoms. The van der Waals surface area contributed by atoms with Crippen LogP contribution in [0, 0.1) is 23.7 Å². The molecule has 1 aliphatic rings. The van der Waals surface area contributed by atoms with Crippen molar-refractivity contribution >= 4 is 12.1 Å². The number of rotatable bonds is 10. The highest BCUT2D eigenvalue weighted by Gasteiger charge is 2.46. The fourth-order valence-electron chi connectivity index (χ4n) is 2.58. The summed E-state index contributed by atoms with van der Waals surface area (Å²) in [5.74, 6) is 1.55. The Morgan fingerprint density at radius 2 is 2.06 bits per heavy atom. The van der Waals surface area contributed by atoms with Crippen LogP contribution in [0.3, 0.4) is 0 Å². The molecule has 0 bridgehead atoms. The number of aldehydes is 1. The maximum absolute atomic E-state index is 11.9. The minimum atomic E-state index is 0.0875. The SMILES string of the molecule is CC(C)CCC(=O)C1CC1[C@H](C=O)CCCCN. The Morgan fingerprint density at radius 3 is 2.61 bits per heavy atom. The van der Waals surface area contributed by atoms with Crippen LogP contribution in [0.2, 0.25) is 0 Å². The molecule has 0 saturated heterocycles. The van der Waals surface area contributed by atoms with Crippen molar-refractivity contribution < 1.29 is 9.59 Å². The van der Waals surface area contributed by atoms with Gasteiger partial charge in [0, 0.05) is 18.3 Å². The minimum Gasteiger partial charge on any atom is -0.330 e. The first-order valence-electron chi connectivity index (χ1n) is 7.28. The summed E-state index contributed by atoms with van der Waals surface area (Å²) in [6.45, 7) is 4.96. The molecule has 0 radical (unpaired) electrons. The van der Waals surface area contributed by atoms with Gasteiger partial charge < -0.3 is 10.5 Å². The van der Waals surface area contributed by atoms with Gasteiger partial charge in [0.2, 0.25) is 0 Å². The maximum atomic E-state index is 11.9. The van der Waals surface area contributed by atoms with E-state index in [0.29, 0.717) is 30.6 Å². The van der Waals surface area contributed by atoms with Crippen LogP contribution >= 0.6 is 0 Å². The summed E-state index contributed by atoms with van der Waals surface area (Å²) in [5, 5.41) is 0. The van der Waals surface area contributed by atoms with Crippen molar-refractivity contribution in [3.63, 3.8) is 0 Å². The van der Waals surface area contributed by atoms with Gasteiger partial charge in [-0.25, -0.2) is 0 Å². The largest absolute Gasteiger partial charge is 0.330 e. The second-order valence-corrected chi connectivity index (χ2v) is 5.99. The Bertz CT molecular complexity index is 276. The second kappa shape index (κ2) is 7.67. The highest BCUT2D eigenvalue weighted by atomic mass is 16.1. The molecule has 0 aliphatic heterocycles. The zero-order valence-electron chi connectivity index (χ0n) is 11.7. The molecule has 0 aromatic heterocycles. The Labute approximate surface area is 111 Å². The van der Waals surface area contributed by atoms with Gasteiger partial charge in [-0.05, 0) is 44.1 Å². The van der Waals surface area contributed by atoms with Crippen LogP contribution in [-0.4, -0.2) is 18.6 Å². The van der Waals surface area contributed by atoms with Gasteiger partial charge in [-0.2, -0.15) is 0 Å². The number of ketones is 1. The lowest BCUT2D eigenvalue weighted by Gasteiger charge is -2.09. The molecular formula is C15H27NO2. The number of hydrogen-bond donors (Lipinski definition) is 1. The third kappa shape index (κ3) is 4.89. The first-order valence-corrected chi connectivity index (χ1v) is 7.28. The lowest BCUT2D eigenvalue weighted by Crippen LogP contribution is -2.12. The van der Waals surface area contributed by atoms with E-state index in [-0.39, 0.29) is 11.8 Å². The summed E-state index contributed by atoms with van der Waals surface area (Å²) in [5.41, 5.74) is 5.45. The molecule has 18 heavy (non-hydrogen) atoms. The number of hydrogen-bond acceptors (Lipinski definition) is 3. The van der Waals surface area contributed by atoms with Gasteiger partial charge in [0.25, 0.3) is 0 Å². The van der Waals surface area contributed by atoms with Gasteiger partial charge in [-0.15, -0.1) is 0 Å². The molecule has 1 aliphatic carbocycles. The molecule has 104 valence electrons. The van der Waals surface area contributed by atoms with Crippen LogP contribution in [0.15, 0.2) is 0 Å². The number of unbranched alkanes of at least 4 members (excludes halogenated alkanes) is 1. The molecule has 1 saturated carbocycles. The van der Waals surface area contributed by atoms with E-state index < -0.39 is 0 Å². The van der Waals surface area contributed by atoms with Gasteiger partial charge in [0.1, 0.15) is 12.1 Å². The van der Waals surface area contributed by atoms with Crippen molar-refractivity contribution in [3.05, 3.63) is 0 Å². The number of Topliss-reactive ketones (excluding diaryl/α,β-unsaturated/α-hetero) is 1. The third-order valence-corrected chi connectivity index (χ3v) is 3.94. The van der Waals surface area contributed by atoms with Gasteiger partial charge in [-0.1, -0.05) is 20.3 Å². The quantitative estimate of drug-likeness (QED) is 0.481. The molecule has 0 amide bonds. The third-order valence-electron chi connectivity index (χ3n) is 3.94. The topological polar surface area (TPSA) is 60.2 Å². The van der Waals surface area contributed by atoms with Crippen LogP contribution in [0.25, 0.3) is 0 Å². The molecule has 0 aromatic carbocycles. The zero-order chi connectivity index (χ0) is 13.5. The lowest BCUT2D eigenvalue weighted by molar-refractivity contribution is -0.121. The molecule has 3 atom stereocenters. The molecule has 3 nitrogen and oxygen atoms in total. The first-order chi connectivity index (χ1) is 8.60. The molecule has 1 fully saturated rings. The normalized spacial score (nSPS) is 24.0. The second-order valence-electron chi connectivity index (χ2n) is 5.99.